The van der Waals surface area contributed by atoms with E-state index in [9.17, 15) is 0 Å². The van der Waals surface area contributed by atoms with E-state index >= 15 is 0 Å². The molecule has 2 unspecified atom stereocenters. The molecular formula is C20H45NO6Si2. The van der Waals surface area contributed by atoms with E-state index in [2.05, 4.69) is 0 Å². The van der Waals surface area contributed by atoms with E-state index in [1.165, 1.54) is 0 Å². The highest BCUT2D eigenvalue weighted by Crippen LogP contribution is 2.43. The summed E-state index contributed by atoms with van der Waals surface area (Å²) in [5.41, 5.74) is 6.69. The topological polar surface area (TPSA) is 81.4 Å². The first-order valence-electron chi connectivity index (χ1n) is 11.5. The van der Waals surface area contributed by atoms with E-state index < -0.39 is 23.1 Å². The lowest BCUT2D eigenvalue weighted by Crippen LogP contribution is -2.61. The van der Waals surface area contributed by atoms with Gasteiger partial charge >= 0.3 is 17.6 Å². The van der Waals surface area contributed by atoms with Crippen molar-refractivity contribution in [2.45, 2.75) is 84.9 Å². The molecule has 0 aromatic heterocycles. The molecule has 1 rings (SSSR count). The Morgan fingerprint density at radius 2 is 1.10 bits per heavy atom. The van der Waals surface area contributed by atoms with Crippen molar-refractivity contribution >= 4 is 17.6 Å². The van der Waals surface area contributed by atoms with Crippen molar-refractivity contribution in [3.8, 4) is 0 Å². The summed E-state index contributed by atoms with van der Waals surface area (Å²) in [5, 5.41) is 0. The van der Waals surface area contributed by atoms with Crippen LogP contribution in [0.15, 0.2) is 0 Å². The summed E-state index contributed by atoms with van der Waals surface area (Å²) < 4.78 is 36.8. The van der Waals surface area contributed by atoms with Crippen molar-refractivity contribution in [3.05, 3.63) is 0 Å². The van der Waals surface area contributed by atoms with Gasteiger partial charge < -0.3 is 32.3 Å². The van der Waals surface area contributed by atoms with Gasteiger partial charge in [-0.1, -0.05) is 12.8 Å². The van der Waals surface area contributed by atoms with Gasteiger partial charge in [0.25, 0.3) is 0 Å². The third kappa shape index (κ3) is 7.97. The second kappa shape index (κ2) is 13.5. The van der Waals surface area contributed by atoms with Crippen LogP contribution in [0.25, 0.3) is 0 Å². The molecule has 1 aliphatic carbocycles. The maximum absolute atomic E-state index is 7.13. The molecule has 9 heteroatoms. The van der Waals surface area contributed by atoms with Gasteiger partial charge in [0.05, 0.1) is 0 Å². The van der Waals surface area contributed by atoms with E-state index in [4.69, 9.17) is 32.3 Å². The number of hydrogen-bond donors (Lipinski definition) is 1. The lowest BCUT2D eigenvalue weighted by atomic mass is 9.75. The Morgan fingerprint density at radius 1 is 0.690 bits per heavy atom. The van der Waals surface area contributed by atoms with Gasteiger partial charge in [-0.2, -0.15) is 0 Å². The summed E-state index contributed by atoms with van der Waals surface area (Å²) in [6, 6.07) is 1.35. The van der Waals surface area contributed by atoms with Gasteiger partial charge in [-0.25, -0.2) is 0 Å². The molecule has 0 bridgehead atoms. The van der Waals surface area contributed by atoms with Gasteiger partial charge in [-0.15, -0.1) is 0 Å². The Labute approximate surface area is 180 Å². The fourth-order valence-electron chi connectivity index (χ4n) is 4.48. The van der Waals surface area contributed by atoms with Gasteiger partial charge in [0.15, 0.2) is 0 Å². The molecular weight excluding hydrogens is 406 g/mol. The summed E-state index contributed by atoms with van der Waals surface area (Å²) in [7, 11) is -5.65. The second-order valence-electron chi connectivity index (χ2n) is 7.52. The molecule has 29 heavy (non-hydrogen) atoms. The summed E-state index contributed by atoms with van der Waals surface area (Å²) in [6.07, 6.45) is 4.22. The van der Waals surface area contributed by atoms with E-state index in [-0.39, 0.29) is 5.92 Å². The van der Waals surface area contributed by atoms with Gasteiger partial charge in [0, 0.05) is 57.3 Å². The highest BCUT2D eigenvalue weighted by Gasteiger charge is 2.54. The van der Waals surface area contributed by atoms with E-state index in [0.717, 1.165) is 31.7 Å². The van der Waals surface area contributed by atoms with Crippen LogP contribution in [0.2, 0.25) is 12.1 Å². The standard InChI is InChI=1S/C20H45NO6Si2/c1-7-22-28(23-8-2,24-9-3)17-19-15-13-14-16-20(19,21)18-29(25-10-4,26-11-5)27-12-6/h19H,7-18,21H2,1-6H3. The minimum atomic E-state index is -2.86. The highest BCUT2D eigenvalue weighted by molar-refractivity contribution is 6.61. The van der Waals surface area contributed by atoms with Gasteiger partial charge in [0.1, 0.15) is 0 Å². The second-order valence-corrected chi connectivity index (χ2v) is 12.7. The van der Waals surface area contributed by atoms with Crippen molar-refractivity contribution < 1.29 is 26.6 Å². The molecule has 0 heterocycles. The number of hydrogen-bond acceptors (Lipinski definition) is 7. The lowest BCUT2D eigenvalue weighted by Gasteiger charge is -2.46. The Morgan fingerprint density at radius 3 is 1.52 bits per heavy atom. The molecule has 0 saturated heterocycles. The van der Waals surface area contributed by atoms with Crippen molar-refractivity contribution in [1.29, 1.82) is 0 Å². The number of rotatable bonds is 16. The molecule has 0 radical (unpaired) electrons. The fraction of sp³-hybridized carbons (Fsp3) is 1.00. The highest BCUT2D eigenvalue weighted by atomic mass is 28.4. The third-order valence-electron chi connectivity index (χ3n) is 5.49. The average molecular weight is 452 g/mol. The quantitative estimate of drug-likeness (QED) is 0.356. The SMILES string of the molecule is CCO[Si](CC1CCCCC1(N)C[Si](OCC)(OCC)OCC)(OCC)OCC. The third-order valence-corrected chi connectivity index (χ3v) is 11.9. The molecule has 1 saturated carbocycles. The molecule has 2 atom stereocenters. The van der Waals surface area contributed by atoms with Crippen LogP contribution in [-0.4, -0.2) is 62.8 Å². The van der Waals surface area contributed by atoms with Crippen molar-refractivity contribution in [3.63, 3.8) is 0 Å². The Bertz CT molecular complexity index is 411. The summed E-state index contributed by atoms with van der Waals surface area (Å²) in [6.45, 7) is 15.3. The van der Waals surface area contributed by atoms with Crippen LogP contribution < -0.4 is 5.73 Å². The van der Waals surface area contributed by atoms with Crippen molar-refractivity contribution in [2.24, 2.45) is 11.7 Å². The Balaban J connectivity index is 3.16. The molecule has 1 aliphatic rings. The molecule has 1 fully saturated rings. The normalized spacial score (nSPS) is 23.5. The minimum absolute atomic E-state index is 0.223. The molecule has 2 N–H and O–H groups in total. The molecule has 0 amide bonds. The predicted octanol–water partition coefficient (Wildman–Crippen LogP) is 3.97. The molecule has 0 aromatic carbocycles. The number of nitrogens with two attached hydrogens (primary N) is 1. The fourth-order valence-corrected chi connectivity index (χ4v) is 10.8. The molecule has 0 spiro atoms. The van der Waals surface area contributed by atoms with Crippen LogP contribution in [0.1, 0.15) is 67.2 Å². The summed E-state index contributed by atoms with van der Waals surface area (Å²) >= 11 is 0. The average Bonchev–Trinajstić information content (AvgIpc) is 2.65. The molecule has 7 nitrogen and oxygen atoms in total. The summed E-state index contributed by atoms with van der Waals surface area (Å²) in [5.74, 6) is 0.223. The Hall–Kier alpha value is 0.154. The maximum Gasteiger partial charge on any atom is 0.502 e. The van der Waals surface area contributed by atoms with Gasteiger partial charge in [-0.05, 0) is 60.3 Å². The van der Waals surface area contributed by atoms with E-state index in [1.807, 2.05) is 41.5 Å². The van der Waals surface area contributed by atoms with E-state index in [0.29, 0.717) is 45.7 Å². The summed E-state index contributed by atoms with van der Waals surface area (Å²) in [4.78, 5) is 0. The molecule has 0 aromatic rings. The smallest absolute Gasteiger partial charge is 0.374 e. The lowest BCUT2D eigenvalue weighted by molar-refractivity contribution is 0.0449. The van der Waals surface area contributed by atoms with Crippen LogP contribution in [0, 0.1) is 5.92 Å². The first-order valence-corrected chi connectivity index (χ1v) is 15.4. The van der Waals surface area contributed by atoms with Gasteiger partial charge in [-0.3, -0.25) is 0 Å². The van der Waals surface area contributed by atoms with E-state index in [1.54, 1.807) is 0 Å². The first kappa shape index (κ1) is 27.2. The van der Waals surface area contributed by atoms with Crippen molar-refractivity contribution in [2.75, 3.05) is 39.6 Å². The van der Waals surface area contributed by atoms with Crippen LogP contribution in [0.5, 0.6) is 0 Å². The largest absolute Gasteiger partial charge is 0.502 e. The molecule has 174 valence electrons. The van der Waals surface area contributed by atoms with Crippen LogP contribution in [0.3, 0.4) is 0 Å². The zero-order chi connectivity index (χ0) is 21.8. The van der Waals surface area contributed by atoms with Gasteiger partial charge in [0.2, 0.25) is 0 Å². The minimum Gasteiger partial charge on any atom is -0.374 e. The van der Waals surface area contributed by atoms with Crippen LogP contribution >= 0.6 is 0 Å². The maximum atomic E-state index is 7.13. The zero-order valence-corrected chi connectivity index (χ0v) is 21.6. The predicted molar refractivity (Wildman–Crippen MR) is 120 cm³/mol. The van der Waals surface area contributed by atoms with Crippen LogP contribution in [0.4, 0.5) is 0 Å². The Kier molecular flexibility index (Phi) is 12.7. The van der Waals surface area contributed by atoms with Crippen molar-refractivity contribution in [1.82, 2.24) is 0 Å². The first-order chi connectivity index (χ1) is 13.9. The molecule has 0 aliphatic heterocycles. The zero-order valence-electron chi connectivity index (χ0n) is 19.6. The van der Waals surface area contributed by atoms with Crippen LogP contribution in [-0.2, 0) is 26.6 Å². The monoisotopic (exact) mass is 451 g/mol.